The first-order chi connectivity index (χ1) is 13.0. The summed E-state index contributed by atoms with van der Waals surface area (Å²) in [6.07, 6.45) is 4.39. The van der Waals surface area contributed by atoms with Crippen LogP contribution in [0.1, 0.15) is 32.3 Å². The number of piperidine rings is 1. The van der Waals surface area contributed by atoms with Crippen molar-refractivity contribution in [3.05, 3.63) is 35.9 Å². The molecule has 1 spiro atoms. The normalized spacial score (nSPS) is 21.3. The van der Waals surface area contributed by atoms with Crippen molar-refractivity contribution >= 4 is 23.7 Å². The fourth-order valence-electron chi connectivity index (χ4n) is 4.42. The van der Waals surface area contributed by atoms with Crippen molar-refractivity contribution in [1.82, 2.24) is 14.7 Å². The summed E-state index contributed by atoms with van der Waals surface area (Å²) >= 11 is 1.86. The van der Waals surface area contributed by atoms with Gasteiger partial charge in [0.25, 0.3) is 5.91 Å². The van der Waals surface area contributed by atoms with Crippen LogP contribution in [0.4, 0.5) is 4.79 Å². The Morgan fingerprint density at radius 1 is 1.15 bits per heavy atom. The molecule has 0 aliphatic carbocycles. The number of carbonyl (C=O) groups excluding carboxylic acids is 2. The van der Waals surface area contributed by atoms with E-state index in [1.165, 1.54) is 10.5 Å². The summed E-state index contributed by atoms with van der Waals surface area (Å²) in [7, 11) is 0. The molecule has 0 aromatic heterocycles. The number of amides is 3. The van der Waals surface area contributed by atoms with Gasteiger partial charge in [0.05, 0.1) is 0 Å². The third-order valence-corrected chi connectivity index (χ3v) is 6.88. The van der Waals surface area contributed by atoms with Gasteiger partial charge in [0.1, 0.15) is 5.54 Å². The summed E-state index contributed by atoms with van der Waals surface area (Å²) in [5.41, 5.74) is 0.561. The Balaban J connectivity index is 1.76. The zero-order valence-corrected chi connectivity index (χ0v) is 17.5. The molecule has 148 valence electrons. The first kappa shape index (κ1) is 20.2. The number of carbonyl (C=O) groups is 2. The second kappa shape index (κ2) is 8.65. The fraction of sp³-hybridized carbons (Fsp3) is 0.619. The van der Waals surface area contributed by atoms with E-state index in [2.05, 4.69) is 30.2 Å². The van der Waals surface area contributed by atoms with E-state index >= 15 is 0 Å². The molecular weight excluding hydrogens is 358 g/mol. The molecule has 0 radical (unpaired) electrons. The quantitative estimate of drug-likeness (QED) is 0.672. The number of hydrogen-bond acceptors (Lipinski definition) is 4. The third kappa shape index (κ3) is 3.87. The number of hydrogen-bond donors (Lipinski definition) is 0. The molecule has 2 aliphatic heterocycles. The molecule has 3 amide bonds. The lowest BCUT2D eigenvalue weighted by Crippen LogP contribution is -2.58. The Morgan fingerprint density at radius 3 is 2.41 bits per heavy atom. The average Bonchev–Trinajstić information content (AvgIpc) is 2.88. The SMILES string of the molecule is CCN1C(=O)N(CCc2ccccc2)C2(CCN([C@H](C)CSC)CC2)C1=O. The largest absolute Gasteiger partial charge is 0.327 e. The van der Waals surface area contributed by atoms with E-state index in [1.54, 1.807) is 0 Å². The molecule has 1 aromatic carbocycles. The van der Waals surface area contributed by atoms with E-state index in [0.717, 1.165) is 38.1 Å². The van der Waals surface area contributed by atoms with E-state index < -0.39 is 5.54 Å². The first-order valence-corrected chi connectivity index (χ1v) is 11.3. The van der Waals surface area contributed by atoms with Crippen molar-refractivity contribution in [2.45, 2.75) is 44.7 Å². The van der Waals surface area contributed by atoms with E-state index in [0.29, 0.717) is 19.1 Å². The number of benzene rings is 1. The minimum atomic E-state index is -0.641. The Kier molecular flexibility index (Phi) is 6.48. The van der Waals surface area contributed by atoms with Crippen molar-refractivity contribution in [3.8, 4) is 0 Å². The molecule has 2 fully saturated rings. The van der Waals surface area contributed by atoms with Gasteiger partial charge in [-0.3, -0.25) is 14.6 Å². The van der Waals surface area contributed by atoms with Crippen LogP contribution >= 0.6 is 11.8 Å². The molecule has 2 saturated heterocycles. The summed E-state index contributed by atoms with van der Waals surface area (Å²) in [6.45, 7) is 6.95. The molecule has 2 heterocycles. The number of urea groups is 1. The van der Waals surface area contributed by atoms with Crippen molar-refractivity contribution in [2.75, 3.05) is 38.2 Å². The van der Waals surface area contributed by atoms with Crippen LogP contribution in [0.25, 0.3) is 0 Å². The number of imide groups is 1. The molecular formula is C21H31N3O2S. The first-order valence-electron chi connectivity index (χ1n) is 9.94. The molecule has 0 bridgehead atoms. The highest BCUT2D eigenvalue weighted by Crippen LogP contribution is 2.38. The minimum Gasteiger partial charge on any atom is -0.309 e. The van der Waals surface area contributed by atoms with E-state index in [1.807, 2.05) is 41.8 Å². The van der Waals surface area contributed by atoms with Gasteiger partial charge in [-0.1, -0.05) is 30.3 Å². The van der Waals surface area contributed by atoms with E-state index in [-0.39, 0.29) is 11.9 Å². The third-order valence-electron chi connectivity index (χ3n) is 6.06. The maximum atomic E-state index is 13.2. The summed E-state index contributed by atoms with van der Waals surface area (Å²) in [5.74, 6) is 1.11. The van der Waals surface area contributed by atoms with Crippen molar-refractivity contribution in [2.24, 2.45) is 0 Å². The number of likely N-dealkylation sites (tertiary alicyclic amines) is 1. The highest BCUT2D eigenvalue weighted by Gasteiger charge is 2.57. The zero-order valence-electron chi connectivity index (χ0n) is 16.7. The molecule has 27 heavy (non-hydrogen) atoms. The van der Waals surface area contributed by atoms with Gasteiger partial charge in [0, 0.05) is 38.0 Å². The second-order valence-electron chi connectivity index (χ2n) is 7.59. The molecule has 1 atom stereocenters. The lowest BCUT2D eigenvalue weighted by atomic mass is 9.85. The number of nitrogens with zero attached hydrogens (tertiary/aromatic N) is 3. The molecule has 0 saturated carbocycles. The maximum absolute atomic E-state index is 13.2. The number of thioether (sulfide) groups is 1. The van der Waals surface area contributed by atoms with Crippen LogP contribution in [0.15, 0.2) is 30.3 Å². The van der Waals surface area contributed by atoms with Gasteiger partial charge < -0.3 is 4.90 Å². The standard InChI is InChI=1S/C21H31N3O2S/c1-4-23-19(25)21(11-14-22(15-12-21)17(2)16-27-3)24(20(23)26)13-10-18-8-6-5-7-9-18/h5-9,17H,4,10-16H2,1-3H3/t17-/m1/s1. The second-order valence-corrected chi connectivity index (χ2v) is 8.50. The van der Waals surface area contributed by atoms with Crippen LogP contribution in [0, 0.1) is 0 Å². The molecule has 2 aliphatic rings. The average molecular weight is 390 g/mol. The van der Waals surface area contributed by atoms with Gasteiger partial charge in [-0.25, -0.2) is 4.79 Å². The van der Waals surface area contributed by atoms with Crippen LogP contribution < -0.4 is 0 Å². The topological polar surface area (TPSA) is 43.9 Å². The smallest absolute Gasteiger partial charge is 0.309 e. The van der Waals surface area contributed by atoms with Crippen LogP contribution in [-0.4, -0.2) is 76.4 Å². The Hall–Kier alpha value is -1.53. The monoisotopic (exact) mass is 389 g/mol. The van der Waals surface area contributed by atoms with Gasteiger partial charge in [-0.2, -0.15) is 11.8 Å². The number of rotatable bonds is 7. The van der Waals surface area contributed by atoms with Gasteiger partial charge in [0.15, 0.2) is 0 Å². The highest BCUT2D eigenvalue weighted by atomic mass is 32.2. The molecule has 5 nitrogen and oxygen atoms in total. The minimum absolute atomic E-state index is 0.0141. The van der Waals surface area contributed by atoms with Crippen LogP contribution in [-0.2, 0) is 11.2 Å². The highest BCUT2D eigenvalue weighted by molar-refractivity contribution is 7.98. The van der Waals surface area contributed by atoms with Crippen molar-refractivity contribution < 1.29 is 9.59 Å². The zero-order chi connectivity index (χ0) is 19.4. The molecule has 3 rings (SSSR count). The Labute approximate surface area is 167 Å². The number of likely N-dealkylation sites (N-methyl/N-ethyl adjacent to an activating group) is 1. The Bertz CT molecular complexity index is 659. The predicted octanol–water partition coefficient (Wildman–Crippen LogP) is 3.10. The van der Waals surface area contributed by atoms with Gasteiger partial charge >= 0.3 is 6.03 Å². The predicted molar refractivity (Wildman–Crippen MR) is 111 cm³/mol. The van der Waals surface area contributed by atoms with E-state index in [9.17, 15) is 9.59 Å². The molecule has 6 heteroatoms. The van der Waals surface area contributed by atoms with Crippen molar-refractivity contribution in [1.29, 1.82) is 0 Å². The van der Waals surface area contributed by atoms with Crippen LogP contribution in [0.3, 0.4) is 0 Å². The lowest BCUT2D eigenvalue weighted by Gasteiger charge is -2.44. The molecule has 0 unspecified atom stereocenters. The van der Waals surface area contributed by atoms with E-state index in [4.69, 9.17) is 0 Å². The van der Waals surface area contributed by atoms with Crippen molar-refractivity contribution in [3.63, 3.8) is 0 Å². The summed E-state index contributed by atoms with van der Waals surface area (Å²) in [6, 6.07) is 10.6. The summed E-state index contributed by atoms with van der Waals surface area (Å²) in [4.78, 5) is 32.0. The van der Waals surface area contributed by atoms with Crippen LogP contribution in [0.5, 0.6) is 0 Å². The molecule has 0 N–H and O–H groups in total. The summed E-state index contributed by atoms with van der Waals surface area (Å²) < 4.78 is 0. The van der Waals surface area contributed by atoms with Gasteiger partial charge in [0.2, 0.25) is 0 Å². The Morgan fingerprint density at radius 2 is 1.81 bits per heavy atom. The van der Waals surface area contributed by atoms with Gasteiger partial charge in [-0.05, 0) is 44.9 Å². The summed E-state index contributed by atoms with van der Waals surface area (Å²) in [5, 5.41) is 0. The van der Waals surface area contributed by atoms with Crippen LogP contribution in [0.2, 0.25) is 0 Å². The molecule has 1 aromatic rings. The van der Waals surface area contributed by atoms with Gasteiger partial charge in [-0.15, -0.1) is 0 Å². The maximum Gasteiger partial charge on any atom is 0.327 e. The fourth-order valence-corrected chi connectivity index (χ4v) is 5.11. The lowest BCUT2D eigenvalue weighted by molar-refractivity contribution is -0.135.